The summed E-state index contributed by atoms with van der Waals surface area (Å²) in [6.45, 7) is 6.12. The number of aromatic nitrogens is 2. The largest absolute Gasteiger partial charge is 0.352 e. The first kappa shape index (κ1) is 14.5. The lowest BCUT2D eigenvalue weighted by atomic mass is 10.00. The molecule has 2 aromatic rings. The monoisotopic (exact) mass is 309 g/mol. The predicted molar refractivity (Wildman–Crippen MR) is 92.9 cm³/mol. The van der Waals surface area contributed by atoms with E-state index in [-0.39, 0.29) is 0 Å². The van der Waals surface area contributed by atoms with Crippen molar-refractivity contribution in [2.75, 3.05) is 49.6 Å². The molecular weight excluding hydrogens is 286 g/mol. The van der Waals surface area contributed by atoms with Crippen LogP contribution in [0.5, 0.6) is 0 Å². The summed E-state index contributed by atoms with van der Waals surface area (Å²) >= 11 is 0. The van der Waals surface area contributed by atoms with Crippen molar-refractivity contribution in [2.45, 2.75) is 13.0 Å². The van der Waals surface area contributed by atoms with Crippen LogP contribution in [0, 0.1) is 0 Å². The summed E-state index contributed by atoms with van der Waals surface area (Å²) in [5.41, 5.74) is 2.88. The molecule has 23 heavy (non-hydrogen) atoms. The number of hydrogen-bond acceptors (Lipinski definition) is 5. The highest BCUT2D eigenvalue weighted by Crippen LogP contribution is 2.24. The minimum atomic E-state index is 0.870. The molecule has 0 spiro atoms. The number of nitrogens with zero attached hydrogens (tertiary/aromatic N) is 5. The Bertz CT molecular complexity index is 679. The second kappa shape index (κ2) is 6.16. The molecule has 1 aromatic heterocycles. The molecule has 4 rings (SSSR count). The minimum absolute atomic E-state index is 0.870. The zero-order valence-corrected chi connectivity index (χ0v) is 13.6. The number of fused-ring (bicyclic) bond motifs is 1. The Morgan fingerprint density at radius 3 is 2.48 bits per heavy atom. The number of anilines is 2. The Hall–Kier alpha value is -2.14. The second-order valence-corrected chi connectivity index (χ2v) is 6.45. The van der Waals surface area contributed by atoms with Crippen LogP contribution in [0.25, 0.3) is 0 Å². The molecule has 2 aliphatic rings. The summed E-state index contributed by atoms with van der Waals surface area (Å²) in [6, 6.07) is 10.8. The van der Waals surface area contributed by atoms with E-state index in [0.29, 0.717) is 0 Å². The summed E-state index contributed by atoms with van der Waals surface area (Å²) in [6.07, 6.45) is 2.99. The van der Waals surface area contributed by atoms with Crippen LogP contribution < -0.4 is 9.80 Å². The second-order valence-electron chi connectivity index (χ2n) is 6.45. The van der Waals surface area contributed by atoms with Crippen LogP contribution in [0.4, 0.5) is 11.8 Å². The zero-order chi connectivity index (χ0) is 15.6. The van der Waals surface area contributed by atoms with Crippen LogP contribution in [0.2, 0.25) is 0 Å². The molecule has 1 aromatic carbocycles. The van der Waals surface area contributed by atoms with Crippen molar-refractivity contribution in [3.8, 4) is 0 Å². The van der Waals surface area contributed by atoms with Crippen molar-refractivity contribution in [1.29, 1.82) is 0 Å². The van der Waals surface area contributed by atoms with Gasteiger partial charge in [-0.1, -0.05) is 24.3 Å². The molecule has 0 saturated carbocycles. The van der Waals surface area contributed by atoms with E-state index in [2.05, 4.69) is 51.0 Å². The maximum Gasteiger partial charge on any atom is 0.227 e. The van der Waals surface area contributed by atoms with Gasteiger partial charge in [0.15, 0.2) is 0 Å². The topological polar surface area (TPSA) is 35.5 Å². The fraction of sp³-hybridized carbons (Fsp3) is 0.444. The molecule has 3 heterocycles. The molecule has 0 aliphatic carbocycles. The van der Waals surface area contributed by atoms with Crippen molar-refractivity contribution in [2.24, 2.45) is 0 Å². The van der Waals surface area contributed by atoms with Gasteiger partial charge < -0.3 is 14.7 Å². The first-order chi connectivity index (χ1) is 11.3. The van der Waals surface area contributed by atoms with Crippen LogP contribution in [0.1, 0.15) is 11.1 Å². The molecular formula is C18H23N5. The van der Waals surface area contributed by atoms with Gasteiger partial charge in [-0.2, -0.15) is 4.98 Å². The maximum atomic E-state index is 4.84. The molecule has 0 amide bonds. The molecule has 1 fully saturated rings. The third-order valence-electron chi connectivity index (χ3n) is 4.87. The van der Waals surface area contributed by atoms with Crippen molar-refractivity contribution >= 4 is 11.8 Å². The molecule has 5 nitrogen and oxygen atoms in total. The van der Waals surface area contributed by atoms with Gasteiger partial charge in [-0.15, -0.1) is 0 Å². The van der Waals surface area contributed by atoms with Gasteiger partial charge in [0, 0.05) is 45.5 Å². The first-order valence-electron chi connectivity index (χ1n) is 8.38. The molecule has 0 radical (unpaired) electrons. The molecule has 0 N–H and O–H groups in total. The highest BCUT2D eigenvalue weighted by molar-refractivity contribution is 5.47. The Kier molecular flexibility index (Phi) is 3.87. The highest BCUT2D eigenvalue weighted by atomic mass is 15.3. The summed E-state index contributed by atoms with van der Waals surface area (Å²) in [4.78, 5) is 16.3. The number of rotatable bonds is 2. The van der Waals surface area contributed by atoms with E-state index in [1.807, 2.05) is 12.3 Å². The molecule has 2 aliphatic heterocycles. The Morgan fingerprint density at radius 1 is 0.870 bits per heavy atom. The van der Waals surface area contributed by atoms with Crippen LogP contribution >= 0.6 is 0 Å². The van der Waals surface area contributed by atoms with E-state index >= 15 is 0 Å². The summed E-state index contributed by atoms with van der Waals surface area (Å²) in [5.74, 6) is 1.91. The van der Waals surface area contributed by atoms with Crippen LogP contribution in [-0.2, 0) is 13.0 Å². The molecule has 0 atom stereocenters. The molecule has 5 heteroatoms. The fourth-order valence-corrected chi connectivity index (χ4v) is 3.37. The summed E-state index contributed by atoms with van der Waals surface area (Å²) in [7, 11) is 2.17. The normalized spacial score (nSPS) is 18.8. The molecule has 120 valence electrons. The summed E-state index contributed by atoms with van der Waals surface area (Å²) < 4.78 is 0. The molecule has 1 saturated heterocycles. The standard InChI is InChI=1S/C18H23N5/c1-21-10-12-22(13-11-21)18-19-8-6-17(20-18)23-9-7-15-4-2-3-5-16(15)14-23/h2-6,8H,7,9-14H2,1H3. The van der Waals surface area contributed by atoms with E-state index in [9.17, 15) is 0 Å². The Balaban J connectivity index is 1.53. The van der Waals surface area contributed by atoms with Gasteiger partial charge in [0.2, 0.25) is 5.95 Å². The van der Waals surface area contributed by atoms with Crippen LogP contribution in [-0.4, -0.2) is 54.6 Å². The van der Waals surface area contributed by atoms with Gasteiger partial charge in [0.1, 0.15) is 5.82 Å². The minimum Gasteiger partial charge on any atom is -0.352 e. The van der Waals surface area contributed by atoms with E-state index in [0.717, 1.165) is 57.5 Å². The van der Waals surface area contributed by atoms with Crippen molar-refractivity contribution in [1.82, 2.24) is 14.9 Å². The predicted octanol–water partition coefficient (Wildman–Crippen LogP) is 1.79. The van der Waals surface area contributed by atoms with E-state index in [4.69, 9.17) is 4.98 Å². The third-order valence-corrected chi connectivity index (χ3v) is 4.87. The van der Waals surface area contributed by atoms with Gasteiger partial charge in [0.05, 0.1) is 0 Å². The molecule has 0 unspecified atom stereocenters. The van der Waals surface area contributed by atoms with Gasteiger partial charge >= 0.3 is 0 Å². The van der Waals surface area contributed by atoms with Crippen LogP contribution in [0.3, 0.4) is 0 Å². The maximum absolute atomic E-state index is 4.84. The lowest BCUT2D eigenvalue weighted by molar-refractivity contribution is 0.311. The van der Waals surface area contributed by atoms with Gasteiger partial charge in [-0.25, -0.2) is 4.98 Å². The fourth-order valence-electron chi connectivity index (χ4n) is 3.37. The Morgan fingerprint density at radius 2 is 1.65 bits per heavy atom. The van der Waals surface area contributed by atoms with Crippen molar-refractivity contribution in [3.05, 3.63) is 47.7 Å². The van der Waals surface area contributed by atoms with Crippen molar-refractivity contribution in [3.63, 3.8) is 0 Å². The van der Waals surface area contributed by atoms with E-state index in [1.165, 1.54) is 11.1 Å². The Labute approximate surface area is 137 Å². The average molecular weight is 309 g/mol. The number of benzene rings is 1. The number of hydrogen-bond donors (Lipinski definition) is 0. The lowest BCUT2D eigenvalue weighted by Crippen LogP contribution is -2.45. The smallest absolute Gasteiger partial charge is 0.227 e. The van der Waals surface area contributed by atoms with Crippen molar-refractivity contribution < 1.29 is 0 Å². The summed E-state index contributed by atoms with van der Waals surface area (Å²) in [5, 5.41) is 0. The highest BCUT2D eigenvalue weighted by Gasteiger charge is 2.20. The van der Waals surface area contributed by atoms with Gasteiger partial charge in [-0.3, -0.25) is 0 Å². The first-order valence-corrected chi connectivity index (χ1v) is 8.38. The van der Waals surface area contributed by atoms with Crippen LogP contribution in [0.15, 0.2) is 36.5 Å². The quantitative estimate of drug-likeness (QED) is 0.845. The van der Waals surface area contributed by atoms with E-state index in [1.54, 1.807) is 0 Å². The SMILES string of the molecule is CN1CCN(c2nccc(N3CCc4ccccc4C3)n2)CC1. The van der Waals surface area contributed by atoms with Gasteiger partial charge in [0.25, 0.3) is 0 Å². The third kappa shape index (κ3) is 3.01. The van der Waals surface area contributed by atoms with Gasteiger partial charge in [-0.05, 0) is 30.7 Å². The van der Waals surface area contributed by atoms with E-state index < -0.39 is 0 Å². The number of likely N-dealkylation sites (N-methyl/N-ethyl adjacent to an activating group) is 1. The molecule has 0 bridgehead atoms. The zero-order valence-electron chi connectivity index (χ0n) is 13.6. The average Bonchev–Trinajstić information content (AvgIpc) is 2.62. The lowest BCUT2D eigenvalue weighted by Gasteiger charge is -2.33. The number of piperazine rings is 1.